The molecule has 1 nitrogen and oxygen atoms in total. The van der Waals surface area contributed by atoms with Gasteiger partial charge in [0.15, 0.2) is 0 Å². The summed E-state index contributed by atoms with van der Waals surface area (Å²) in [6.45, 7) is 0. The molecule has 1 unspecified atom stereocenters. The van der Waals surface area contributed by atoms with Crippen molar-refractivity contribution in [2.45, 2.75) is 5.92 Å². The molecule has 4 heteroatoms. The van der Waals surface area contributed by atoms with E-state index < -0.39 is 0 Å². The summed E-state index contributed by atoms with van der Waals surface area (Å²) < 4.78 is 0. The zero-order valence-corrected chi connectivity index (χ0v) is 19.8. The van der Waals surface area contributed by atoms with E-state index in [9.17, 15) is 0 Å². The number of benzene rings is 4. The molecular weight excluding hydrogens is 473 g/mol. The minimum Gasteiger partial charge on any atom is -1.00 e. The summed E-state index contributed by atoms with van der Waals surface area (Å²) in [5.74, 6) is 0.108. The van der Waals surface area contributed by atoms with Gasteiger partial charge < -0.3 is 24.8 Å². The van der Waals surface area contributed by atoms with Gasteiger partial charge in [-0.25, -0.2) is 0 Å². The van der Waals surface area contributed by atoms with Gasteiger partial charge in [-0.2, -0.15) is 0 Å². The second-order valence-corrected chi connectivity index (χ2v) is 7.51. The Balaban J connectivity index is 0.000000963. The summed E-state index contributed by atoms with van der Waals surface area (Å²) in [7, 11) is 0. The molecule has 0 bridgehead atoms. The zero-order chi connectivity index (χ0) is 19.2. The van der Waals surface area contributed by atoms with Crippen molar-refractivity contribution >= 4 is 27.2 Å². The molecule has 0 aliphatic heterocycles. The number of hydrogen-bond acceptors (Lipinski definition) is 1. The number of fused-ring (bicyclic) bond motifs is 4. The van der Waals surface area contributed by atoms with Crippen molar-refractivity contribution < 1.29 is 42.2 Å². The van der Waals surface area contributed by atoms with Gasteiger partial charge in [0.1, 0.15) is 0 Å². The van der Waals surface area contributed by atoms with Crippen LogP contribution in [0.25, 0.3) is 27.2 Å². The molecule has 4 aromatic carbocycles. The van der Waals surface area contributed by atoms with Gasteiger partial charge in [0.2, 0.25) is 0 Å². The Morgan fingerprint density at radius 2 is 1.38 bits per heavy atom. The van der Waals surface area contributed by atoms with E-state index in [1.54, 1.807) is 0 Å². The van der Waals surface area contributed by atoms with Gasteiger partial charge >= 0.3 is 17.4 Å². The maximum absolute atomic E-state index is 4.77. The van der Waals surface area contributed by atoms with E-state index in [-0.39, 0.29) is 48.1 Å². The third-order valence-corrected chi connectivity index (χ3v) is 5.88. The first kappa shape index (κ1) is 24.1. The van der Waals surface area contributed by atoms with E-state index in [0.29, 0.717) is 0 Å². The quantitative estimate of drug-likeness (QED) is 0.333. The van der Waals surface area contributed by atoms with Gasteiger partial charge in [0, 0.05) is 11.6 Å². The number of allylic oxidation sites excluding steroid dienone is 1. The van der Waals surface area contributed by atoms with Crippen molar-refractivity contribution in [2.75, 3.05) is 0 Å². The summed E-state index contributed by atoms with van der Waals surface area (Å²) in [6.07, 6.45) is 5.63. The summed E-state index contributed by atoms with van der Waals surface area (Å²) in [4.78, 5) is 4.77. The number of para-hydroxylation sites is 1. The summed E-state index contributed by atoms with van der Waals surface area (Å²) in [5, 5.41) is 3.73. The normalized spacial score (nSPS) is 14.0. The Morgan fingerprint density at radius 1 is 0.656 bits per heavy atom. The molecule has 1 atom stereocenters. The fourth-order valence-corrected chi connectivity index (χ4v) is 4.61. The maximum Gasteiger partial charge on any atom is 3.00 e. The number of rotatable bonds is 2. The molecule has 1 aromatic heterocycles. The number of pyridine rings is 1. The number of nitrogens with zero attached hydrogens (tertiary/aromatic N) is 1. The fourth-order valence-electron chi connectivity index (χ4n) is 4.61. The predicted molar refractivity (Wildman–Crippen MR) is 120 cm³/mol. The predicted octanol–water partition coefficient (Wildman–Crippen LogP) is 0.774. The van der Waals surface area contributed by atoms with Crippen LogP contribution >= 0.6 is 0 Å². The van der Waals surface area contributed by atoms with Crippen LogP contribution in [0, 0.1) is 6.08 Å². The Bertz CT molecular complexity index is 1410. The van der Waals surface area contributed by atoms with E-state index >= 15 is 0 Å². The maximum atomic E-state index is 4.77. The summed E-state index contributed by atoms with van der Waals surface area (Å²) >= 11 is 0. The third-order valence-electron chi connectivity index (χ3n) is 5.88. The molecule has 0 fully saturated rings. The molecular formula is C28H18Cl2CrN. The van der Waals surface area contributed by atoms with Crippen molar-refractivity contribution in [3.8, 4) is 0 Å². The number of hydrogen-bond donors (Lipinski definition) is 0. The number of halogens is 2. The van der Waals surface area contributed by atoms with Crippen LogP contribution < -0.4 is 24.8 Å². The van der Waals surface area contributed by atoms with Crippen molar-refractivity contribution in [2.24, 2.45) is 0 Å². The van der Waals surface area contributed by atoms with Crippen LogP contribution in [-0.2, 0) is 17.4 Å². The Morgan fingerprint density at radius 3 is 2.22 bits per heavy atom. The topological polar surface area (TPSA) is 12.9 Å². The molecule has 32 heavy (non-hydrogen) atoms. The van der Waals surface area contributed by atoms with Crippen molar-refractivity contribution in [1.82, 2.24) is 4.98 Å². The van der Waals surface area contributed by atoms with Crippen molar-refractivity contribution in [1.29, 1.82) is 0 Å². The Hall–Kier alpha value is -2.60. The molecule has 0 spiro atoms. The average Bonchev–Trinajstić information content (AvgIpc) is 3.19. The smallest absolute Gasteiger partial charge is 1.00 e. The molecule has 1 heterocycles. The summed E-state index contributed by atoms with van der Waals surface area (Å²) in [6, 6.07) is 34.3. The van der Waals surface area contributed by atoms with E-state index in [0.717, 1.165) is 5.52 Å². The van der Waals surface area contributed by atoms with Crippen LogP contribution in [0.15, 0.2) is 103 Å². The first-order chi connectivity index (χ1) is 14.4. The SMILES string of the molecule is [C-]1=C(c2ccccc2)C(c2cccc3cccnc23)c2c1ccc1ccccc21.[Cl-].[Cl-].[Cr+3]. The van der Waals surface area contributed by atoms with Crippen LogP contribution in [0.5, 0.6) is 0 Å². The van der Waals surface area contributed by atoms with Crippen LogP contribution in [0.2, 0.25) is 0 Å². The first-order valence-electron chi connectivity index (χ1n) is 9.95. The standard InChI is InChI=1S/C28H18N.2ClH.Cr/c1-2-8-19(9-3-1)25-18-22-16-15-20-10-4-5-13-23(20)26(22)27(25)24-14-6-11-21-12-7-17-29-28(21)24;;;/h1-17,27H;2*1H;/q-1;;;+3/p-2. The van der Waals surface area contributed by atoms with Gasteiger partial charge in [0.25, 0.3) is 0 Å². The third kappa shape index (κ3) is 3.85. The van der Waals surface area contributed by atoms with Gasteiger partial charge in [-0.3, -0.25) is 4.98 Å². The van der Waals surface area contributed by atoms with Gasteiger partial charge in [0.05, 0.1) is 5.52 Å². The molecule has 1 aliphatic carbocycles. The molecule has 0 N–H and O–H groups in total. The van der Waals surface area contributed by atoms with E-state index in [4.69, 9.17) is 4.98 Å². The molecule has 6 rings (SSSR count). The number of aromatic nitrogens is 1. The summed E-state index contributed by atoms with van der Waals surface area (Å²) in [5.41, 5.74) is 7.25. The largest absolute Gasteiger partial charge is 3.00 e. The van der Waals surface area contributed by atoms with Crippen molar-refractivity contribution in [3.63, 3.8) is 0 Å². The van der Waals surface area contributed by atoms with Gasteiger partial charge in [-0.15, -0.1) is 28.8 Å². The Labute approximate surface area is 211 Å². The van der Waals surface area contributed by atoms with Gasteiger partial charge in [-0.05, 0) is 22.9 Å². The van der Waals surface area contributed by atoms with Crippen LogP contribution in [-0.4, -0.2) is 4.98 Å². The molecule has 0 amide bonds. The van der Waals surface area contributed by atoms with Crippen LogP contribution in [0.1, 0.15) is 28.2 Å². The first-order valence-corrected chi connectivity index (χ1v) is 9.95. The van der Waals surface area contributed by atoms with Crippen LogP contribution in [0.4, 0.5) is 0 Å². The average molecular weight is 491 g/mol. The van der Waals surface area contributed by atoms with Crippen LogP contribution in [0.3, 0.4) is 0 Å². The Kier molecular flexibility index (Phi) is 7.45. The minimum absolute atomic E-state index is 0. The molecule has 0 saturated carbocycles. The van der Waals surface area contributed by atoms with Crippen molar-refractivity contribution in [3.05, 3.63) is 132 Å². The monoisotopic (exact) mass is 490 g/mol. The van der Waals surface area contributed by atoms with E-state index in [1.165, 1.54) is 44.0 Å². The minimum atomic E-state index is 0. The molecule has 5 aromatic rings. The van der Waals surface area contributed by atoms with E-state index in [1.807, 2.05) is 12.3 Å². The molecule has 0 saturated heterocycles. The fraction of sp³-hybridized carbons (Fsp3) is 0.0357. The second kappa shape index (κ2) is 9.90. The second-order valence-electron chi connectivity index (χ2n) is 7.51. The van der Waals surface area contributed by atoms with Gasteiger partial charge in [-0.1, -0.05) is 95.9 Å². The zero-order valence-electron chi connectivity index (χ0n) is 17.0. The molecule has 1 aliphatic rings. The molecule has 155 valence electrons. The van der Waals surface area contributed by atoms with E-state index in [2.05, 4.69) is 97.1 Å². The molecule has 1 radical (unpaired) electrons.